The van der Waals surface area contributed by atoms with E-state index in [-0.39, 0.29) is 12.0 Å². The highest BCUT2D eigenvalue weighted by molar-refractivity contribution is 7.10. The smallest absolute Gasteiger partial charge is 0.252 e. The summed E-state index contributed by atoms with van der Waals surface area (Å²) in [7, 11) is 0. The molecule has 2 aromatic rings. The van der Waals surface area contributed by atoms with Gasteiger partial charge in [-0.05, 0) is 42.4 Å². The van der Waals surface area contributed by atoms with E-state index in [1.165, 1.54) is 22.4 Å². The number of hydrogen-bond donors (Lipinski definition) is 1. The van der Waals surface area contributed by atoms with Crippen LogP contribution < -0.4 is 10.1 Å². The lowest BCUT2D eigenvalue weighted by Crippen LogP contribution is -2.34. The molecule has 1 aromatic carbocycles. The number of thiophene rings is 1. The highest BCUT2D eigenvalue weighted by Gasteiger charge is 2.25. The summed E-state index contributed by atoms with van der Waals surface area (Å²) in [5, 5.41) is 5.10. The number of ether oxygens (including phenoxy) is 1. The third kappa shape index (κ3) is 2.88. The molecule has 23 heavy (non-hydrogen) atoms. The highest BCUT2D eigenvalue weighted by Crippen LogP contribution is 2.33. The van der Waals surface area contributed by atoms with Crippen molar-refractivity contribution in [2.24, 2.45) is 5.92 Å². The van der Waals surface area contributed by atoms with Crippen LogP contribution in [0.2, 0.25) is 0 Å². The largest absolute Gasteiger partial charge is 0.488 e. The summed E-state index contributed by atoms with van der Waals surface area (Å²) in [6, 6.07) is 8.10. The van der Waals surface area contributed by atoms with Gasteiger partial charge >= 0.3 is 0 Å². The first-order chi connectivity index (χ1) is 11.2. The predicted octanol–water partition coefficient (Wildman–Crippen LogP) is 3.61. The third-order valence-electron chi connectivity index (χ3n) is 4.85. The molecule has 2 heterocycles. The molecule has 4 rings (SSSR count). The van der Waals surface area contributed by atoms with Gasteiger partial charge in [0.1, 0.15) is 11.9 Å². The number of hydrogen-bond acceptors (Lipinski definition) is 3. The molecule has 120 valence electrons. The summed E-state index contributed by atoms with van der Waals surface area (Å²) < 4.78 is 5.89. The number of benzene rings is 1. The van der Waals surface area contributed by atoms with Crippen molar-refractivity contribution in [1.29, 1.82) is 0 Å². The lowest BCUT2D eigenvalue weighted by Gasteiger charge is -2.19. The van der Waals surface area contributed by atoms with Crippen LogP contribution in [0, 0.1) is 5.92 Å². The van der Waals surface area contributed by atoms with Gasteiger partial charge < -0.3 is 10.1 Å². The summed E-state index contributed by atoms with van der Waals surface area (Å²) in [5.41, 5.74) is 3.39. The van der Waals surface area contributed by atoms with Gasteiger partial charge in [-0.3, -0.25) is 4.79 Å². The van der Waals surface area contributed by atoms with Crippen molar-refractivity contribution in [3.63, 3.8) is 0 Å². The van der Waals surface area contributed by atoms with E-state index in [0.29, 0.717) is 6.54 Å². The number of nitrogens with one attached hydrogen (secondary N) is 1. The van der Waals surface area contributed by atoms with Gasteiger partial charge in [0.2, 0.25) is 0 Å². The lowest BCUT2D eigenvalue weighted by molar-refractivity contribution is 0.0932. The Morgan fingerprint density at radius 1 is 1.35 bits per heavy atom. The summed E-state index contributed by atoms with van der Waals surface area (Å²) in [4.78, 5) is 13.9. The Labute approximate surface area is 140 Å². The monoisotopic (exact) mass is 327 g/mol. The second-order valence-electron chi connectivity index (χ2n) is 6.66. The first kappa shape index (κ1) is 14.8. The summed E-state index contributed by atoms with van der Waals surface area (Å²) in [5.74, 6) is 1.74. The van der Waals surface area contributed by atoms with E-state index in [4.69, 9.17) is 4.74 Å². The maximum Gasteiger partial charge on any atom is 0.252 e. The Balaban J connectivity index is 1.38. The second kappa shape index (κ2) is 6.00. The molecule has 3 nitrogen and oxygen atoms in total. The van der Waals surface area contributed by atoms with Gasteiger partial charge in [-0.15, -0.1) is 11.3 Å². The predicted molar refractivity (Wildman–Crippen MR) is 92.4 cm³/mol. The van der Waals surface area contributed by atoms with Crippen molar-refractivity contribution in [2.75, 3.05) is 6.54 Å². The fourth-order valence-corrected chi connectivity index (χ4v) is 4.78. The van der Waals surface area contributed by atoms with Crippen LogP contribution in [0.25, 0.3) is 0 Å². The van der Waals surface area contributed by atoms with E-state index in [1.54, 1.807) is 11.3 Å². The minimum absolute atomic E-state index is 0.0471. The topological polar surface area (TPSA) is 38.3 Å². The van der Waals surface area contributed by atoms with Gasteiger partial charge in [0.15, 0.2) is 0 Å². The zero-order chi connectivity index (χ0) is 15.8. The molecule has 4 heteroatoms. The molecule has 2 aliphatic rings. The van der Waals surface area contributed by atoms with Crippen LogP contribution in [-0.4, -0.2) is 18.6 Å². The molecule has 1 amide bonds. The number of carbonyl (C=O) groups excluding carboxylic acids is 1. The summed E-state index contributed by atoms with van der Waals surface area (Å²) in [6.07, 6.45) is 4.26. The van der Waals surface area contributed by atoms with Crippen LogP contribution in [0.15, 0.2) is 29.6 Å². The highest BCUT2D eigenvalue weighted by atomic mass is 32.1. The van der Waals surface area contributed by atoms with Gasteiger partial charge in [0.25, 0.3) is 5.91 Å². The Morgan fingerprint density at radius 3 is 3.09 bits per heavy atom. The number of carbonyl (C=O) groups is 1. The van der Waals surface area contributed by atoms with E-state index in [0.717, 1.165) is 36.5 Å². The van der Waals surface area contributed by atoms with E-state index in [9.17, 15) is 4.79 Å². The average Bonchev–Trinajstić information content (AvgIpc) is 3.15. The quantitative estimate of drug-likeness (QED) is 0.935. The molecular formula is C19H21NO2S. The van der Waals surface area contributed by atoms with Gasteiger partial charge in [0.05, 0.1) is 12.1 Å². The van der Waals surface area contributed by atoms with E-state index in [2.05, 4.69) is 18.3 Å². The molecule has 1 aromatic heterocycles. The molecule has 0 fully saturated rings. The van der Waals surface area contributed by atoms with Crippen LogP contribution in [0.1, 0.15) is 39.7 Å². The van der Waals surface area contributed by atoms with Crippen LogP contribution >= 0.6 is 11.3 Å². The third-order valence-corrected chi connectivity index (χ3v) is 5.90. The molecule has 0 unspecified atom stereocenters. The van der Waals surface area contributed by atoms with Crippen LogP contribution in [-0.2, 0) is 19.3 Å². The summed E-state index contributed by atoms with van der Waals surface area (Å²) >= 11 is 1.74. The van der Waals surface area contributed by atoms with Gasteiger partial charge in [-0.2, -0.15) is 0 Å². The van der Waals surface area contributed by atoms with Gasteiger partial charge in [-0.1, -0.05) is 25.1 Å². The molecule has 0 saturated carbocycles. The first-order valence-corrected chi connectivity index (χ1v) is 9.20. The average molecular weight is 327 g/mol. The van der Waals surface area contributed by atoms with Gasteiger partial charge in [-0.25, -0.2) is 0 Å². The normalized spacial score (nSPS) is 22.1. The van der Waals surface area contributed by atoms with Crippen molar-refractivity contribution in [2.45, 2.75) is 38.7 Å². The Bertz CT molecular complexity index is 712. The number of amides is 1. The molecule has 0 radical (unpaired) electrons. The molecule has 1 aliphatic heterocycles. The summed E-state index contributed by atoms with van der Waals surface area (Å²) in [6.45, 7) is 2.85. The van der Waals surface area contributed by atoms with Crippen molar-refractivity contribution >= 4 is 17.2 Å². The number of para-hydroxylation sites is 1. The van der Waals surface area contributed by atoms with Crippen molar-refractivity contribution in [1.82, 2.24) is 5.32 Å². The maximum atomic E-state index is 12.5. The van der Waals surface area contributed by atoms with Crippen LogP contribution in [0.5, 0.6) is 5.75 Å². The standard InChI is InChI=1S/C19H21NO2S/c1-12-6-7-15-16(11-23-18(15)8-12)19(21)20-10-14-9-13-4-2-3-5-17(13)22-14/h2-5,11-12,14H,6-10H2,1H3,(H,20,21)/t12-,14+/m0/s1. The Kier molecular flexibility index (Phi) is 3.85. The number of rotatable bonds is 3. The van der Waals surface area contributed by atoms with E-state index >= 15 is 0 Å². The second-order valence-corrected chi connectivity index (χ2v) is 7.63. The minimum atomic E-state index is 0.0471. The van der Waals surface area contributed by atoms with Crippen LogP contribution in [0.4, 0.5) is 0 Å². The zero-order valence-corrected chi connectivity index (χ0v) is 14.1. The fraction of sp³-hybridized carbons (Fsp3) is 0.421. The molecule has 2 atom stereocenters. The number of fused-ring (bicyclic) bond motifs is 2. The van der Waals surface area contributed by atoms with Crippen LogP contribution in [0.3, 0.4) is 0 Å². The SMILES string of the molecule is C[C@H]1CCc2c(C(=O)NC[C@H]3Cc4ccccc4O3)csc2C1. The first-order valence-electron chi connectivity index (χ1n) is 8.32. The van der Waals surface area contributed by atoms with Crippen molar-refractivity contribution in [3.05, 3.63) is 51.2 Å². The molecule has 0 spiro atoms. The fourth-order valence-electron chi connectivity index (χ4n) is 3.54. The molecule has 1 aliphatic carbocycles. The maximum absolute atomic E-state index is 12.5. The molecule has 0 bridgehead atoms. The van der Waals surface area contributed by atoms with Gasteiger partial charge in [0, 0.05) is 16.7 Å². The van der Waals surface area contributed by atoms with E-state index < -0.39 is 0 Å². The van der Waals surface area contributed by atoms with Crippen molar-refractivity contribution in [3.8, 4) is 5.75 Å². The zero-order valence-electron chi connectivity index (χ0n) is 13.3. The Hall–Kier alpha value is -1.81. The van der Waals surface area contributed by atoms with Crippen molar-refractivity contribution < 1.29 is 9.53 Å². The lowest BCUT2D eigenvalue weighted by atomic mass is 9.88. The van der Waals surface area contributed by atoms with E-state index in [1.807, 2.05) is 23.6 Å². The molecule has 1 N–H and O–H groups in total. The molecule has 0 saturated heterocycles. The Morgan fingerprint density at radius 2 is 2.22 bits per heavy atom. The molecular weight excluding hydrogens is 306 g/mol. The minimum Gasteiger partial charge on any atom is -0.488 e.